The Morgan fingerprint density at radius 3 is 2.16 bits per heavy atom. The standard InChI is InChI=1S/C29H31FN2/c1-3-4-6-9-24-14-16-26(17-15-24)22-31-32-29(27-10-7-5-8-11-27)28-20-18-25(19-21-28)13-12-23(2)30/h3,5,7-8,10-11,14-23H,1,4,6,9,12-13H2,2H3. The number of unbranched alkanes of at least 4 members (excludes halogenated alkanes) is 1. The molecule has 0 amide bonds. The average molecular weight is 427 g/mol. The van der Waals surface area contributed by atoms with Crippen molar-refractivity contribution in [2.45, 2.75) is 45.2 Å². The Bertz CT molecular complexity index is 1020. The first-order chi connectivity index (χ1) is 15.7. The van der Waals surface area contributed by atoms with Crippen LogP contribution in [-0.4, -0.2) is 18.1 Å². The molecule has 164 valence electrons. The minimum atomic E-state index is -0.785. The lowest BCUT2D eigenvalue weighted by atomic mass is 9.99. The molecule has 0 aliphatic carbocycles. The van der Waals surface area contributed by atoms with Crippen LogP contribution in [0.15, 0.2) is 102 Å². The van der Waals surface area contributed by atoms with E-state index in [4.69, 9.17) is 0 Å². The zero-order valence-electron chi connectivity index (χ0n) is 18.8. The summed E-state index contributed by atoms with van der Waals surface area (Å²) in [5.41, 5.74) is 6.27. The van der Waals surface area contributed by atoms with Crippen LogP contribution in [0.2, 0.25) is 0 Å². The van der Waals surface area contributed by atoms with Crippen LogP contribution in [0.25, 0.3) is 0 Å². The maximum absolute atomic E-state index is 13.1. The largest absolute Gasteiger partial charge is 0.248 e. The zero-order chi connectivity index (χ0) is 22.6. The fourth-order valence-electron chi connectivity index (χ4n) is 3.45. The summed E-state index contributed by atoms with van der Waals surface area (Å²) < 4.78 is 13.1. The van der Waals surface area contributed by atoms with E-state index in [0.29, 0.717) is 6.42 Å². The highest BCUT2D eigenvalue weighted by atomic mass is 19.1. The lowest BCUT2D eigenvalue weighted by Crippen LogP contribution is -2.03. The summed E-state index contributed by atoms with van der Waals surface area (Å²) in [4.78, 5) is 0. The minimum absolute atomic E-state index is 0.538. The molecule has 0 spiro atoms. The van der Waals surface area contributed by atoms with E-state index in [1.54, 1.807) is 13.1 Å². The predicted molar refractivity (Wildman–Crippen MR) is 135 cm³/mol. The third-order valence-corrected chi connectivity index (χ3v) is 5.32. The molecule has 3 rings (SSSR count). The van der Waals surface area contributed by atoms with E-state index in [9.17, 15) is 4.39 Å². The molecule has 32 heavy (non-hydrogen) atoms. The Hall–Kier alpha value is -3.33. The molecule has 0 bridgehead atoms. The quantitative estimate of drug-likeness (QED) is 0.132. The van der Waals surface area contributed by atoms with Crippen molar-refractivity contribution in [3.63, 3.8) is 0 Å². The van der Waals surface area contributed by atoms with Crippen molar-refractivity contribution < 1.29 is 4.39 Å². The van der Waals surface area contributed by atoms with Gasteiger partial charge in [0.15, 0.2) is 0 Å². The van der Waals surface area contributed by atoms with Crippen molar-refractivity contribution in [3.05, 3.63) is 119 Å². The van der Waals surface area contributed by atoms with E-state index >= 15 is 0 Å². The topological polar surface area (TPSA) is 24.7 Å². The van der Waals surface area contributed by atoms with Crippen LogP contribution in [-0.2, 0) is 12.8 Å². The smallest absolute Gasteiger partial charge is 0.100 e. The number of alkyl halides is 1. The van der Waals surface area contributed by atoms with Gasteiger partial charge in [-0.05, 0) is 55.7 Å². The second kappa shape index (κ2) is 12.5. The van der Waals surface area contributed by atoms with Gasteiger partial charge in [0.1, 0.15) is 5.71 Å². The zero-order valence-corrected chi connectivity index (χ0v) is 18.8. The molecule has 1 unspecified atom stereocenters. The molecule has 0 radical (unpaired) electrons. The summed E-state index contributed by atoms with van der Waals surface area (Å²) in [7, 11) is 0. The van der Waals surface area contributed by atoms with Gasteiger partial charge in [-0.15, -0.1) is 11.7 Å². The Morgan fingerprint density at radius 1 is 0.875 bits per heavy atom. The summed E-state index contributed by atoms with van der Waals surface area (Å²) in [5, 5.41) is 8.94. The first kappa shape index (κ1) is 23.3. The number of aryl methyl sites for hydroxylation is 2. The first-order valence-electron chi connectivity index (χ1n) is 11.3. The molecule has 0 aromatic heterocycles. The molecule has 0 heterocycles. The summed E-state index contributed by atoms with van der Waals surface area (Å²) in [6.45, 7) is 5.37. The third-order valence-electron chi connectivity index (χ3n) is 5.32. The van der Waals surface area contributed by atoms with Gasteiger partial charge in [-0.1, -0.05) is 84.9 Å². The number of hydrogen-bond donors (Lipinski definition) is 0. The molecule has 0 saturated heterocycles. The Balaban J connectivity index is 1.76. The Morgan fingerprint density at radius 2 is 1.50 bits per heavy atom. The van der Waals surface area contributed by atoms with Crippen LogP contribution in [0.4, 0.5) is 4.39 Å². The van der Waals surface area contributed by atoms with Crippen molar-refractivity contribution in [2.75, 3.05) is 0 Å². The minimum Gasteiger partial charge on any atom is -0.248 e. The number of nitrogens with zero attached hydrogens (tertiary/aromatic N) is 2. The molecule has 0 aliphatic rings. The fourth-order valence-corrected chi connectivity index (χ4v) is 3.45. The molecule has 0 N–H and O–H groups in total. The third kappa shape index (κ3) is 7.42. The first-order valence-corrected chi connectivity index (χ1v) is 11.3. The van der Waals surface area contributed by atoms with Crippen molar-refractivity contribution in [3.8, 4) is 0 Å². The summed E-state index contributed by atoms with van der Waals surface area (Å²) in [5.74, 6) is 0. The van der Waals surface area contributed by atoms with Gasteiger partial charge in [0.25, 0.3) is 0 Å². The lowest BCUT2D eigenvalue weighted by molar-refractivity contribution is 0.341. The molecule has 2 nitrogen and oxygen atoms in total. The highest BCUT2D eigenvalue weighted by molar-refractivity contribution is 6.13. The van der Waals surface area contributed by atoms with Crippen LogP contribution >= 0.6 is 0 Å². The highest BCUT2D eigenvalue weighted by Gasteiger charge is 2.08. The predicted octanol–water partition coefficient (Wildman–Crippen LogP) is 7.36. The van der Waals surface area contributed by atoms with Crippen molar-refractivity contribution in [1.29, 1.82) is 0 Å². The molecule has 1 atom stereocenters. The van der Waals surface area contributed by atoms with Gasteiger partial charge in [0, 0.05) is 11.1 Å². The highest BCUT2D eigenvalue weighted by Crippen LogP contribution is 2.15. The summed E-state index contributed by atoms with van der Waals surface area (Å²) in [6, 6.07) is 26.7. The van der Waals surface area contributed by atoms with E-state index in [1.165, 1.54) is 5.56 Å². The number of benzene rings is 3. The molecule has 3 heteroatoms. The Kier molecular flexibility index (Phi) is 9.12. The van der Waals surface area contributed by atoms with Crippen molar-refractivity contribution in [1.82, 2.24) is 0 Å². The van der Waals surface area contributed by atoms with Gasteiger partial charge >= 0.3 is 0 Å². The van der Waals surface area contributed by atoms with Crippen LogP contribution in [0.1, 0.15) is 54.0 Å². The van der Waals surface area contributed by atoms with Crippen LogP contribution < -0.4 is 0 Å². The van der Waals surface area contributed by atoms with Gasteiger partial charge < -0.3 is 0 Å². The van der Waals surface area contributed by atoms with E-state index in [-0.39, 0.29) is 0 Å². The summed E-state index contributed by atoms with van der Waals surface area (Å²) in [6.07, 6.45) is 7.44. The van der Waals surface area contributed by atoms with Gasteiger partial charge in [-0.2, -0.15) is 5.10 Å². The van der Waals surface area contributed by atoms with Crippen molar-refractivity contribution in [2.24, 2.45) is 10.2 Å². The van der Waals surface area contributed by atoms with Crippen molar-refractivity contribution >= 4 is 11.9 Å². The van der Waals surface area contributed by atoms with Crippen LogP contribution in [0, 0.1) is 0 Å². The second-order valence-electron chi connectivity index (χ2n) is 8.00. The van der Waals surface area contributed by atoms with E-state index in [2.05, 4.69) is 41.0 Å². The van der Waals surface area contributed by atoms with E-state index in [1.807, 2.05) is 60.7 Å². The normalized spacial score (nSPS) is 12.8. The van der Waals surface area contributed by atoms with Gasteiger partial charge in [0.05, 0.1) is 12.4 Å². The van der Waals surface area contributed by atoms with Gasteiger partial charge in [0.2, 0.25) is 0 Å². The van der Waals surface area contributed by atoms with E-state index in [0.717, 1.165) is 53.6 Å². The molecule has 3 aromatic rings. The van der Waals surface area contributed by atoms with E-state index < -0.39 is 6.17 Å². The fraction of sp³-hybridized carbons (Fsp3) is 0.241. The molecule has 3 aromatic carbocycles. The molecular weight excluding hydrogens is 395 g/mol. The van der Waals surface area contributed by atoms with Crippen LogP contribution in [0.5, 0.6) is 0 Å². The van der Waals surface area contributed by atoms with Gasteiger partial charge in [-0.25, -0.2) is 4.39 Å². The molecule has 0 fully saturated rings. The number of rotatable bonds is 11. The lowest BCUT2D eigenvalue weighted by Gasteiger charge is -2.08. The monoisotopic (exact) mass is 426 g/mol. The van der Waals surface area contributed by atoms with Gasteiger partial charge in [-0.3, -0.25) is 0 Å². The maximum atomic E-state index is 13.1. The summed E-state index contributed by atoms with van der Waals surface area (Å²) >= 11 is 0. The average Bonchev–Trinajstić information content (AvgIpc) is 2.83. The SMILES string of the molecule is C=CCCCc1ccc(C=NN=C(c2ccccc2)c2ccc(CCC(C)F)cc2)cc1. The molecule has 0 saturated carbocycles. The van der Waals surface area contributed by atoms with Crippen LogP contribution in [0.3, 0.4) is 0 Å². The maximum Gasteiger partial charge on any atom is 0.100 e. The second-order valence-corrected chi connectivity index (χ2v) is 8.00. The molecular formula is C29H31FN2. The number of hydrogen-bond acceptors (Lipinski definition) is 2. The number of allylic oxidation sites excluding steroid dienone is 1. The Labute approximate surface area is 191 Å². The number of halogens is 1. The molecule has 0 aliphatic heterocycles.